The smallest absolute Gasteiger partial charge is 0.0923 e. The maximum atomic E-state index is 6.33. The van der Waals surface area contributed by atoms with E-state index < -0.39 is 0 Å². The molecule has 100 valence electrons. The van der Waals surface area contributed by atoms with Gasteiger partial charge in [0.1, 0.15) is 0 Å². The van der Waals surface area contributed by atoms with Crippen LogP contribution < -0.4 is 5.32 Å². The van der Waals surface area contributed by atoms with Crippen LogP contribution >= 0.6 is 27.5 Å². The van der Waals surface area contributed by atoms with Crippen LogP contribution in [0.15, 0.2) is 16.6 Å². The Kier molecular flexibility index (Phi) is 3.68. The third-order valence-electron chi connectivity index (χ3n) is 3.67. The molecular weight excluding hydrogens is 324 g/mol. The number of hydrogen-bond donors (Lipinski definition) is 1. The Hall–Kier alpha value is -0.800. The fraction of sp³-hybridized carbons (Fsp3) is 0.400. The number of fused-ring (bicyclic) bond motifs is 2. The molecule has 3 rings (SSSR count). The van der Waals surface area contributed by atoms with Crippen molar-refractivity contribution < 1.29 is 0 Å². The molecule has 1 aromatic heterocycles. The van der Waals surface area contributed by atoms with Gasteiger partial charge in [-0.1, -0.05) is 27.5 Å². The topological polar surface area (TPSA) is 24.9 Å². The maximum absolute atomic E-state index is 6.33. The number of hydrogen-bond acceptors (Lipinski definition) is 2. The Balaban J connectivity index is 2.39. The molecule has 0 unspecified atom stereocenters. The molecule has 4 heteroatoms. The van der Waals surface area contributed by atoms with Crippen LogP contribution in [0.1, 0.15) is 31.0 Å². The first-order chi connectivity index (χ1) is 9.22. The second-order valence-electron chi connectivity index (χ2n) is 4.90. The molecular formula is C15H16BrClN2. The predicted octanol–water partition coefficient (Wildman–Crippen LogP) is 4.96. The second kappa shape index (κ2) is 5.29. The van der Waals surface area contributed by atoms with Crippen molar-refractivity contribution in [1.82, 2.24) is 4.98 Å². The number of halogens is 2. The second-order valence-corrected chi connectivity index (χ2v) is 6.16. The Morgan fingerprint density at radius 1 is 1.32 bits per heavy atom. The molecule has 1 N–H and O–H groups in total. The molecule has 0 spiro atoms. The van der Waals surface area contributed by atoms with Gasteiger partial charge in [-0.15, -0.1) is 0 Å². The molecule has 0 atom stereocenters. The van der Waals surface area contributed by atoms with Crippen molar-refractivity contribution in [2.75, 3.05) is 11.9 Å². The summed E-state index contributed by atoms with van der Waals surface area (Å²) >= 11 is 9.97. The van der Waals surface area contributed by atoms with E-state index in [4.69, 9.17) is 16.6 Å². The zero-order chi connectivity index (χ0) is 13.4. The molecule has 0 bridgehead atoms. The predicted molar refractivity (Wildman–Crippen MR) is 85.3 cm³/mol. The fourth-order valence-electron chi connectivity index (χ4n) is 2.83. The normalized spacial score (nSPS) is 14.5. The van der Waals surface area contributed by atoms with Crippen LogP contribution in [-0.2, 0) is 12.8 Å². The van der Waals surface area contributed by atoms with Crippen molar-refractivity contribution >= 4 is 44.1 Å². The van der Waals surface area contributed by atoms with Crippen LogP contribution in [0.25, 0.3) is 10.9 Å². The molecule has 0 saturated carbocycles. The van der Waals surface area contributed by atoms with Crippen molar-refractivity contribution in [2.45, 2.75) is 32.6 Å². The van der Waals surface area contributed by atoms with Gasteiger partial charge in [-0.25, -0.2) is 0 Å². The Labute approximate surface area is 126 Å². The molecule has 2 nitrogen and oxygen atoms in total. The lowest BCUT2D eigenvalue weighted by atomic mass is 9.92. The van der Waals surface area contributed by atoms with E-state index in [1.54, 1.807) is 0 Å². The molecule has 1 aliphatic rings. The van der Waals surface area contributed by atoms with Gasteiger partial charge in [-0.3, -0.25) is 4.98 Å². The average Bonchev–Trinajstić information content (AvgIpc) is 2.43. The summed E-state index contributed by atoms with van der Waals surface area (Å²) in [6, 6.07) is 3.91. The minimum atomic E-state index is 0.728. The molecule has 0 aliphatic heterocycles. The van der Waals surface area contributed by atoms with Gasteiger partial charge in [0.15, 0.2) is 0 Å². The van der Waals surface area contributed by atoms with Gasteiger partial charge in [-0.05, 0) is 50.3 Å². The van der Waals surface area contributed by atoms with Crippen LogP contribution in [0.2, 0.25) is 5.02 Å². The van der Waals surface area contributed by atoms with E-state index in [-0.39, 0.29) is 0 Å². The van der Waals surface area contributed by atoms with Crippen LogP contribution in [-0.4, -0.2) is 11.5 Å². The molecule has 0 saturated heterocycles. The van der Waals surface area contributed by atoms with E-state index in [9.17, 15) is 0 Å². The summed E-state index contributed by atoms with van der Waals surface area (Å²) in [6.45, 7) is 3.03. The van der Waals surface area contributed by atoms with Gasteiger partial charge in [-0.2, -0.15) is 0 Å². The number of benzene rings is 1. The highest BCUT2D eigenvalue weighted by Gasteiger charge is 2.20. The maximum Gasteiger partial charge on any atom is 0.0923 e. The number of anilines is 1. The van der Waals surface area contributed by atoms with E-state index in [0.717, 1.165) is 39.8 Å². The van der Waals surface area contributed by atoms with Crippen molar-refractivity contribution in [3.63, 3.8) is 0 Å². The molecule has 1 aromatic carbocycles. The van der Waals surface area contributed by atoms with E-state index in [2.05, 4.69) is 28.2 Å². The first kappa shape index (κ1) is 13.2. The number of rotatable bonds is 2. The summed E-state index contributed by atoms with van der Waals surface area (Å²) in [6.07, 6.45) is 4.64. The first-order valence-electron chi connectivity index (χ1n) is 6.75. The van der Waals surface area contributed by atoms with E-state index in [0.29, 0.717) is 0 Å². The largest absolute Gasteiger partial charge is 0.384 e. The van der Waals surface area contributed by atoms with Gasteiger partial charge < -0.3 is 5.32 Å². The van der Waals surface area contributed by atoms with Crippen LogP contribution in [0.3, 0.4) is 0 Å². The van der Waals surface area contributed by atoms with Crippen LogP contribution in [0.4, 0.5) is 5.69 Å². The molecule has 1 aliphatic carbocycles. The first-order valence-corrected chi connectivity index (χ1v) is 7.92. The summed E-state index contributed by atoms with van der Waals surface area (Å²) in [7, 11) is 0. The molecule has 0 radical (unpaired) electrons. The van der Waals surface area contributed by atoms with Crippen molar-refractivity contribution in [2.24, 2.45) is 0 Å². The van der Waals surface area contributed by atoms with Crippen LogP contribution in [0.5, 0.6) is 0 Å². The molecule has 0 amide bonds. The Bertz CT molecular complexity index is 640. The van der Waals surface area contributed by atoms with Crippen LogP contribution in [0, 0.1) is 0 Å². The third kappa shape index (κ3) is 2.23. The number of pyridine rings is 1. The molecule has 2 aromatic rings. The van der Waals surface area contributed by atoms with E-state index >= 15 is 0 Å². The van der Waals surface area contributed by atoms with Gasteiger partial charge in [0, 0.05) is 27.8 Å². The number of nitrogens with one attached hydrogen (secondary N) is 1. The number of aromatic nitrogens is 1. The van der Waals surface area contributed by atoms with E-state index in [1.165, 1.54) is 29.8 Å². The zero-order valence-corrected chi connectivity index (χ0v) is 13.2. The summed E-state index contributed by atoms with van der Waals surface area (Å²) in [4.78, 5) is 4.82. The minimum Gasteiger partial charge on any atom is -0.384 e. The third-order valence-corrected chi connectivity index (χ3v) is 4.63. The SMILES string of the molecule is CCNc1c2c(nc3c(Cl)ccc(Br)c13)CCCC2. The molecule has 0 fully saturated rings. The van der Waals surface area contributed by atoms with Gasteiger partial charge >= 0.3 is 0 Å². The highest BCUT2D eigenvalue weighted by atomic mass is 79.9. The van der Waals surface area contributed by atoms with Crippen molar-refractivity contribution in [1.29, 1.82) is 0 Å². The minimum absolute atomic E-state index is 0.728. The monoisotopic (exact) mass is 338 g/mol. The zero-order valence-electron chi connectivity index (χ0n) is 10.9. The summed E-state index contributed by atoms with van der Waals surface area (Å²) in [5, 5.41) is 5.37. The number of aryl methyl sites for hydroxylation is 1. The highest BCUT2D eigenvalue weighted by molar-refractivity contribution is 9.10. The van der Waals surface area contributed by atoms with Gasteiger partial charge in [0.05, 0.1) is 10.5 Å². The quantitative estimate of drug-likeness (QED) is 0.836. The summed E-state index contributed by atoms with van der Waals surface area (Å²) in [5.74, 6) is 0. The standard InChI is InChI=1S/C15H16BrClN2/c1-2-18-14-9-5-3-4-6-12(9)19-15-11(17)8-7-10(16)13(14)15/h7-8H,2-6H2,1H3,(H,18,19). The highest BCUT2D eigenvalue weighted by Crippen LogP contribution is 2.39. The Morgan fingerprint density at radius 2 is 2.11 bits per heavy atom. The van der Waals surface area contributed by atoms with Gasteiger partial charge in [0.2, 0.25) is 0 Å². The molecule has 1 heterocycles. The molecule has 19 heavy (non-hydrogen) atoms. The average molecular weight is 340 g/mol. The lowest BCUT2D eigenvalue weighted by Crippen LogP contribution is -2.11. The van der Waals surface area contributed by atoms with Crippen molar-refractivity contribution in [3.8, 4) is 0 Å². The fourth-order valence-corrected chi connectivity index (χ4v) is 3.55. The van der Waals surface area contributed by atoms with E-state index in [1.807, 2.05) is 12.1 Å². The Morgan fingerprint density at radius 3 is 2.89 bits per heavy atom. The summed E-state index contributed by atoms with van der Waals surface area (Å²) < 4.78 is 1.06. The van der Waals surface area contributed by atoms with Gasteiger partial charge in [0.25, 0.3) is 0 Å². The lowest BCUT2D eigenvalue weighted by Gasteiger charge is -2.22. The van der Waals surface area contributed by atoms with Crippen molar-refractivity contribution in [3.05, 3.63) is 32.9 Å². The summed E-state index contributed by atoms with van der Waals surface area (Å²) in [5.41, 5.74) is 4.72. The number of nitrogens with zero attached hydrogens (tertiary/aromatic N) is 1. The lowest BCUT2D eigenvalue weighted by molar-refractivity contribution is 0.672.